The van der Waals surface area contributed by atoms with Crippen LogP contribution in [0.4, 0.5) is 0 Å². The molecular formula is C37H56Si3. The van der Waals surface area contributed by atoms with Crippen LogP contribution < -0.4 is 0 Å². The van der Waals surface area contributed by atoms with Gasteiger partial charge in [0.05, 0.1) is 11.1 Å². The average molecular weight is 585 g/mol. The van der Waals surface area contributed by atoms with Crippen molar-refractivity contribution in [3.8, 4) is 46.2 Å². The second-order valence-electron chi connectivity index (χ2n) is 14.2. The van der Waals surface area contributed by atoms with Crippen LogP contribution in [0.3, 0.4) is 0 Å². The first kappa shape index (κ1) is 35.9. The molecule has 0 amide bonds. The third-order valence-electron chi connectivity index (χ3n) is 8.46. The van der Waals surface area contributed by atoms with Gasteiger partial charge in [-0.15, -0.1) is 16.6 Å². The molecule has 0 aliphatic carbocycles. The molecule has 0 saturated heterocycles. The number of hydrogen-bond donors (Lipinski definition) is 0. The second-order valence-corrected chi connectivity index (χ2v) is 30.1. The molecule has 40 heavy (non-hydrogen) atoms. The van der Waals surface area contributed by atoms with Crippen LogP contribution in [0.5, 0.6) is 0 Å². The molecule has 0 atom stereocenters. The van der Waals surface area contributed by atoms with Gasteiger partial charge >= 0.3 is 0 Å². The molecule has 0 nitrogen and oxygen atoms in total. The lowest BCUT2D eigenvalue weighted by Crippen LogP contribution is -2.43. The van der Waals surface area contributed by atoms with E-state index in [1.54, 1.807) is 0 Å². The monoisotopic (exact) mass is 584 g/mol. The van der Waals surface area contributed by atoms with Crippen molar-refractivity contribution in [2.24, 2.45) is 0 Å². The highest BCUT2D eigenvalue weighted by Crippen LogP contribution is 2.42. The van der Waals surface area contributed by atoms with Gasteiger partial charge in [0.1, 0.15) is 24.2 Å². The Balaban J connectivity index is 4.27. The topological polar surface area (TPSA) is 0 Å². The third-order valence-corrected chi connectivity index (χ3v) is 21.9. The molecule has 0 bridgehead atoms. The van der Waals surface area contributed by atoms with Crippen molar-refractivity contribution < 1.29 is 0 Å². The highest BCUT2D eigenvalue weighted by molar-refractivity contribution is 6.91. The minimum absolute atomic E-state index is 0.550. The molecule has 0 saturated carbocycles. The first-order valence-corrected chi connectivity index (χ1v) is 23.3. The van der Waals surface area contributed by atoms with E-state index in [1.807, 2.05) is 18.2 Å². The highest BCUT2D eigenvalue weighted by atomic mass is 28.3. The molecule has 0 aromatic heterocycles. The molecule has 0 aliphatic rings. The summed E-state index contributed by atoms with van der Waals surface area (Å²) in [6.45, 7) is 35.2. The largest absolute Gasteiger partial charge is 0.146 e. The Bertz CT molecular complexity index is 1210. The molecule has 1 aromatic rings. The number of benzene rings is 1. The predicted molar refractivity (Wildman–Crippen MR) is 189 cm³/mol. The first-order chi connectivity index (χ1) is 18.4. The average Bonchev–Trinajstić information content (AvgIpc) is 2.82. The fraction of sp³-hybridized carbons (Fsp3) is 0.568. The minimum atomic E-state index is -1.96. The summed E-state index contributed by atoms with van der Waals surface area (Å²) in [4.78, 5) is 0. The summed E-state index contributed by atoms with van der Waals surface area (Å²) in [7, 11) is -5.56. The SMILES string of the molecule is CC(C)[Si](C#C/C(C#Cc1ccccc1)=C(/C#C[Si](C)(C)C)C#C[Si](C(C)C)(C(C)C)C(C)C)(C(C)C)C(C)C. The second kappa shape index (κ2) is 15.2. The molecule has 0 fully saturated rings. The maximum atomic E-state index is 3.93. The van der Waals surface area contributed by atoms with E-state index in [2.05, 4.69) is 161 Å². The lowest BCUT2D eigenvalue weighted by Gasteiger charge is -2.38. The van der Waals surface area contributed by atoms with Crippen LogP contribution in [-0.4, -0.2) is 24.2 Å². The highest BCUT2D eigenvalue weighted by Gasteiger charge is 2.42. The Kier molecular flexibility index (Phi) is 13.6. The van der Waals surface area contributed by atoms with Gasteiger partial charge < -0.3 is 0 Å². The van der Waals surface area contributed by atoms with Gasteiger partial charge in [-0.2, -0.15) is 0 Å². The zero-order valence-electron chi connectivity index (χ0n) is 28.4. The van der Waals surface area contributed by atoms with Crippen LogP contribution >= 0.6 is 0 Å². The van der Waals surface area contributed by atoms with E-state index in [9.17, 15) is 0 Å². The summed E-state index contributed by atoms with van der Waals surface area (Å²) in [5, 5.41) is 0. The van der Waals surface area contributed by atoms with Crippen LogP contribution in [0.1, 0.15) is 88.6 Å². The van der Waals surface area contributed by atoms with E-state index < -0.39 is 24.2 Å². The van der Waals surface area contributed by atoms with Gasteiger partial charge in [-0.05, 0) is 45.4 Å². The van der Waals surface area contributed by atoms with Crippen LogP contribution in [0.2, 0.25) is 52.9 Å². The van der Waals surface area contributed by atoms with E-state index in [4.69, 9.17) is 0 Å². The van der Waals surface area contributed by atoms with Crippen LogP contribution in [0.15, 0.2) is 41.5 Å². The third kappa shape index (κ3) is 9.19. The molecule has 1 rings (SSSR count). The van der Waals surface area contributed by atoms with E-state index in [0.717, 1.165) is 16.7 Å². The van der Waals surface area contributed by atoms with Crippen molar-refractivity contribution in [2.45, 2.75) is 136 Å². The summed E-state index contributed by atoms with van der Waals surface area (Å²) in [5.41, 5.74) is 17.4. The Morgan fingerprint density at radius 2 is 0.800 bits per heavy atom. The van der Waals surface area contributed by atoms with Crippen LogP contribution in [0.25, 0.3) is 0 Å². The van der Waals surface area contributed by atoms with Crippen molar-refractivity contribution >= 4 is 24.2 Å². The Morgan fingerprint density at radius 1 is 0.475 bits per heavy atom. The molecule has 0 heterocycles. The van der Waals surface area contributed by atoms with Gasteiger partial charge in [0.2, 0.25) is 0 Å². The standard InChI is InChI=1S/C37H56Si3/c1-29(2)39(30(3)4,31(5)6)27-24-36(22-21-35-19-17-16-18-20-35)37(23-26-38(13,14)15)25-28-40(32(7)8,33(9)10)34(11)12/h16-20,29-34H,1-15H3/b37-36-. The number of allylic oxidation sites excluding steroid dienone is 2. The lowest BCUT2D eigenvalue weighted by atomic mass is 10.1. The van der Waals surface area contributed by atoms with Crippen molar-refractivity contribution in [3.05, 3.63) is 47.0 Å². The van der Waals surface area contributed by atoms with Gasteiger partial charge in [0.25, 0.3) is 0 Å². The van der Waals surface area contributed by atoms with Gasteiger partial charge in [-0.25, -0.2) is 0 Å². The molecule has 1 aromatic carbocycles. The van der Waals surface area contributed by atoms with Gasteiger partial charge in [-0.1, -0.05) is 151 Å². The first-order valence-electron chi connectivity index (χ1n) is 15.3. The molecule has 0 aliphatic heterocycles. The molecule has 0 radical (unpaired) electrons. The molecule has 0 unspecified atom stereocenters. The quantitative estimate of drug-likeness (QED) is 0.230. The maximum Gasteiger partial charge on any atom is 0.146 e. The van der Waals surface area contributed by atoms with Crippen molar-refractivity contribution in [2.75, 3.05) is 0 Å². The Morgan fingerprint density at radius 3 is 1.12 bits per heavy atom. The predicted octanol–water partition coefficient (Wildman–Crippen LogP) is 10.7. The van der Waals surface area contributed by atoms with Gasteiger partial charge in [-0.3, -0.25) is 0 Å². The summed E-state index contributed by atoms with van der Waals surface area (Å²) >= 11 is 0. The summed E-state index contributed by atoms with van der Waals surface area (Å²) in [6.07, 6.45) is 0. The molecule has 3 heteroatoms. The van der Waals surface area contributed by atoms with Crippen molar-refractivity contribution in [1.82, 2.24) is 0 Å². The van der Waals surface area contributed by atoms with Crippen LogP contribution in [0, 0.1) is 46.2 Å². The smallest absolute Gasteiger partial charge is 0.126 e. The fourth-order valence-electron chi connectivity index (χ4n) is 6.43. The lowest BCUT2D eigenvalue weighted by molar-refractivity contribution is 0.838. The fourth-order valence-corrected chi connectivity index (χ4v) is 17.3. The summed E-state index contributed by atoms with van der Waals surface area (Å²) < 4.78 is 0. The number of hydrogen-bond acceptors (Lipinski definition) is 0. The van der Waals surface area contributed by atoms with E-state index in [0.29, 0.717) is 33.2 Å². The molecule has 216 valence electrons. The van der Waals surface area contributed by atoms with E-state index in [-0.39, 0.29) is 0 Å². The van der Waals surface area contributed by atoms with Crippen LogP contribution in [-0.2, 0) is 0 Å². The molecular weight excluding hydrogens is 529 g/mol. The summed E-state index contributed by atoms with van der Waals surface area (Å²) in [6, 6.07) is 10.2. The van der Waals surface area contributed by atoms with Crippen molar-refractivity contribution in [1.29, 1.82) is 0 Å². The minimum Gasteiger partial charge on any atom is -0.126 e. The zero-order valence-corrected chi connectivity index (χ0v) is 31.4. The summed E-state index contributed by atoms with van der Waals surface area (Å²) in [5.74, 6) is 17.8. The van der Waals surface area contributed by atoms with Crippen molar-refractivity contribution in [3.63, 3.8) is 0 Å². The maximum absolute atomic E-state index is 3.93. The zero-order chi connectivity index (χ0) is 30.9. The Labute approximate surface area is 252 Å². The van der Waals surface area contributed by atoms with Gasteiger partial charge in [0.15, 0.2) is 0 Å². The molecule has 0 spiro atoms. The number of rotatable bonds is 6. The van der Waals surface area contributed by atoms with E-state index >= 15 is 0 Å². The Hall–Kier alpha value is -2.15. The van der Waals surface area contributed by atoms with Gasteiger partial charge in [0, 0.05) is 5.56 Å². The normalized spacial score (nSPS) is 12.8. The molecule has 0 N–H and O–H groups in total. The van der Waals surface area contributed by atoms with E-state index in [1.165, 1.54) is 0 Å².